The lowest BCUT2D eigenvalue weighted by atomic mass is 9.99. The molecule has 6 atom stereocenters. The molecule has 0 amide bonds. The number of phenolic OH excluding ortho intramolecular Hbond substituents is 5. The molecule has 6 aromatic rings. The Morgan fingerprint density at radius 1 is 0.365 bits per heavy atom. The van der Waals surface area contributed by atoms with Crippen molar-refractivity contribution in [2.24, 2.45) is 17.8 Å². The van der Waals surface area contributed by atoms with Crippen molar-refractivity contribution in [2.45, 2.75) is 125 Å². The van der Waals surface area contributed by atoms with Gasteiger partial charge in [-0.25, -0.2) is 30.7 Å². The van der Waals surface area contributed by atoms with Crippen molar-refractivity contribution in [3.05, 3.63) is 142 Å². The molecule has 0 aliphatic heterocycles. The van der Waals surface area contributed by atoms with Crippen LogP contribution in [-0.2, 0) is 0 Å². The molecule has 0 saturated carbocycles. The Hall–Kier alpha value is -7.81. The summed E-state index contributed by atoms with van der Waals surface area (Å²) < 4.78 is 120. The number of aryl methyl sites for hydroxylation is 1. The summed E-state index contributed by atoms with van der Waals surface area (Å²) in [4.78, 5) is 0. The van der Waals surface area contributed by atoms with E-state index < -0.39 is 82.5 Å². The Labute approximate surface area is 558 Å². The highest BCUT2D eigenvalue weighted by molar-refractivity contribution is 5.53. The first kappa shape index (κ1) is 86.2. The van der Waals surface area contributed by atoms with Crippen molar-refractivity contribution in [3.8, 4) is 69.0 Å². The molecule has 0 fully saturated rings. The fourth-order valence-corrected chi connectivity index (χ4v) is 8.40. The average Bonchev–Trinajstić information content (AvgIpc) is 0.918. The van der Waals surface area contributed by atoms with Crippen LogP contribution in [0.2, 0.25) is 0 Å². The number of alkyl halides is 6. The Kier molecular flexibility index (Phi) is 42.3. The monoisotopic (exact) mass is 1370 g/mol. The van der Waals surface area contributed by atoms with Crippen LogP contribution in [0.1, 0.15) is 157 Å². The summed E-state index contributed by atoms with van der Waals surface area (Å²) >= 11 is 0. The van der Waals surface area contributed by atoms with E-state index in [0.29, 0.717) is 58.8 Å². The number of ether oxygens (including phenoxy) is 7. The molecular weight excluding hydrogens is 1270 g/mol. The molecule has 0 radical (unpaired) electrons. The molecule has 0 aliphatic rings. The zero-order chi connectivity index (χ0) is 72.6. The zero-order valence-corrected chi connectivity index (χ0v) is 56.5. The zero-order valence-electron chi connectivity index (χ0n) is 56.5. The van der Waals surface area contributed by atoms with E-state index in [4.69, 9.17) is 33.2 Å². The third-order valence-corrected chi connectivity index (χ3v) is 13.6. The Bertz CT molecular complexity index is 3010. The van der Waals surface area contributed by atoms with Crippen LogP contribution in [0.3, 0.4) is 0 Å². The largest absolute Gasteiger partial charge is 0.508 e. The second-order valence-corrected chi connectivity index (χ2v) is 22.2. The summed E-state index contributed by atoms with van der Waals surface area (Å²) in [6.45, 7) is 14.4. The molecule has 0 bridgehead atoms. The molecule has 96 heavy (non-hydrogen) atoms. The molecule has 0 spiro atoms. The van der Waals surface area contributed by atoms with E-state index in [0.717, 1.165) is 17.2 Å². The van der Waals surface area contributed by atoms with Gasteiger partial charge < -0.3 is 89.3 Å². The van der Waals surface area contributed by atoms with Gasteiger partial charge in [-0.1, -0.05) is 74.4 Å². The van der Waals surface area contributed by atoms with Gasteiger partial charge in [-0.2, -0.15) is 0 Å². The van der Waals surface area contributed by atoms with E-state index in [1.807, 2.05) is 61.5 Å². The normalized spacial score (nSPS) is 12.6. The molecule has 18 nitrogen and oxygen atoms in total. The quantitative estimate of drug-likeness (QED) is 0.0180. The number of rotatable bonds is 31. The van der Waals surface area contributed by atoms with Crippen molar-refractivity contribution < 1.29 is 120 Å². The first-order valence-electron chi connectivity index (χ1n) is 31.3. The van der Waals surface area contributed by atoms with Gasteiger partial charge in [-0.05, 0) is 150 Å². The minimum absolute atomic E-state index is 0.00561. The van der Waals surface area contributed by atoms with Crippen LogP contribution in [-0.4, -0.2) is 143 Å². The molecule has 6 aromatic carbocycles. The van der Waals surface area contributed by atoms with E-state index in [2.05, 4.69) is 0 Å². The van der Waals surface area contributed by atoms with Crippen LogP contribution in [0.15, 0.2) is 97.1 Å². The van der Waals surface area contributed by atoms with E-state index in [1.165, 1.54) is 67.8 Å². The Morgan fingerprint density at radius 2 is 0.750 bits per heavy atom. The van der Waals surface area contributed by atoms with Gasteiger partial charge in [0.25, 0.3) is 0 Å². The second-order valence-electron chi connectivity index (χ2n) is 22.2. The molecule has 0 aromatic heterocycles. The van der Waals surface area contributed by atoms with Crippen molar-refractivity contribution in [1.29, 1.82) is 0 Å². The van der Waals surface area contributed by atoms with Crippen LogP contribution in [0.4, 0.5) is 30.7 Å². The molecule has 0 heterocycles. The van der Waals surface area contributed by atoms with Gasteiger partial charge in [0.15, 0.2) is 46.0 Å². The van der Waals surface area contributed by atoms with Gasteiger partial charge in [0.05, 0.1) is 43.7 Å². The predicted molar refractivity (Wildman–Crippen MR) is 352 cm³/mol. The lowest BCUT2D eigenvalue weighted by Gasteiger charge is -2.16. The maximum atomic E-state index is 13.4. The third-order valence-electron chi connectivity index (χ3n) is 13.6. The van der Waals surface area contributed by atoms with Gasteiger partial charge in [0.2, 0.25) is 5.75 Å². The summed E-state index contributed by atoms with van der Waals surface area (Å²) in [6.07, 6.45) is -2.45. The predicted octanol–water partition coefficient (Wildman–Crippen LogP) is 14.6. The van der Waals surface area contributed by atoms with Gasteiger partial charge in [0, 0.05) is 17.7 Å². The number of aliphatic hydroxyl groups excluding tert-OH is 6. The highest BCUT2D eigenvalue weighted by Crippen LogP contribution is 2.40. The number of aliphatic hydroxyl groups is 6. The first-order chi connectivity index (χ1) is 45.6. The number of hydrogen-bond acceptors (Lipinski definition) is 18. The van der Waals surface area contributed by atoms with Gasteiger partial charge in [-0.3, -0.25) is 0 Å². The summed E-state index contributed by atoms with van der Waals surface area (Å²) in [5.41, 5.74) is 4.08. The maximum absolute atomic E-state index is 13.4. The van der Waals surface area contributed by atoms with Crippen LogP contribution in [0.5, 0.6) is 69.0 Å². The van der Waals surface area contributed by atoms with Crippen molar-refractivity contribution >= 4 is 0 Å². The summed E-state index contributed by atoms with van der Waals surface area (Å²) in [5, 5.41) is 106. The number of aromatic hydroxyl groups is 5. The van der Waals surface area contributed by atoms with Gasteiger partial charge in [-0.15, -0.1) is 0 Å². The van der Waals surface area contributed by atoms with Crippen LogP contribution >= 0.6 is 0 Å². The van der Waals surface area contributed by atoms with Gasteiger partial charge in [0.1, 0.15) is 103 Å². The number of phenols is 5. The number of halogens is 7. The van der Waals surface area contributed by atoms with Crippen LogP contribution in [0.25, 0.3) is 0 Å². The average molecular weight is 1370 g/mol. The third kappa shape index (κ3) is 30.5. The first-order valence-corrected chi connectivity index (χ1v) is 31.3. The van der Waals surface area contributed by atoms with Crippen LogP contribution < -0.4 is 33.2 Å². The SMILES string of the molecule is CC(C)[C@H](O)c1cc(O)cc(OCCF)c1.CC(C)[C@H](O)c1ccc(OCCF)c(O)c1.CC(C)[C@H](O)c1ccc(OCCF)c(O)c1.CC[C@H](O)c1cc(C)c(OCCF)c(OC)c1.CC[C@H](O)c1cc(O)c(OCCF)c(O)c1.CC[C@H](O)c1ccc(OCCF)cc1F. The molecular formula is C71H99F7O18. The Morgan fingerprint density at radius 3 is 1.15 bits per heavy atom. The molecule has 11 N–H and O–H groups in total. The van der Waals surface area contributed by atoms with E-state index in [-0.39, 0.29) is 115 Å². The van der Waals surface area contributed by atoms with Crippen molar-refractivity contribution in [2.75, 3.05) is 86.8 Å². The molecule has 25 heteroatoms. The maximum Gasteiger partial charge on any atom is 0.203 e. The molecule has 6 rings (SSSR count). The van der Waals surface area contributed by atoms with E-state index in [1.54, 1.807) is 38.1 Å². The molecule has 0 unspecified atom stereocenters. The number of methoxy groups -OCH3 is 1. The standard InChI is InChI=1S/C13H19FO3.3C12H17FO3.C11H14F2O2.C11H15FO4/c1-4-11(15)10-7-9(2)13(17-6-5-14)12(8-10)16-3;1-8(2)12(15)9-5-10(14)7-11(6-9)16-4-3-13;2*1-8(2)12(15)9-3-4-11(10(14)7-9)16-6-5-13;1-2-11(14)9-4-3-8(7-10(9)13)15-6-5-12;1-2-8(13)7-5-9(14)11(10(15)6-7)16-4-3-12/h7-8,11,15H,4-6H2,1-3H3;5-8,12,14-15H,3-4H2,1-2H3;2*3-4,7-8,12,14-15H,5-6H2,1-2H3;3-4,7,11,14H,2,5-6H2,1H3;5-6,8,13-15H,2-4H2,1H3/t11-;3*12-;11-;8-/m000000/s1. The molecule has 540 valence electrons. The molecule has 0 saturated heterocycles. The summed E-state index contributed by atoms with van der Waals surface area (Å²) in [5.74, 6) is 0.891. The number of hydrogen-bond donors (Lipinski definition) is 11. The van der Waals surface area contributed by atoms with Crippen LogP contribution in [0, 0.1) is 30.5 Å². The lowest BCUT2D eigenvalue weighted by molar-refractivity contribution is 0.126. The Balaban J connectivity index is 0.000000576. The second kappa shape index (κ2) is 47.2. The minimum Gasteiger partial charge on any atom is -0.508 e. The van der Waals surface area contributed by atoms with E-state index >= 15 is 0 Å². The smallest absolute Gasteiger partial charge is 0.203 e. The minimum atomic E-state index is -0.805. The van der Waals surface area contributed by atoms with E-state index in [9.17, 15) is 86.9 Å². The topological polar surface area (TPSA) is 287 Å². The van der Waals surface area contributed by atoms with Crippen molar-refractivity contribution in [1.82, 2.24) is 0 Å². The highest BCUT2D eigenvalue weighted by atomic mass is 19.1. The molecule has 0 aliphatic carbocycles. The highest BCUT2D eigenvalue weighted by Gasteiger charge is 2.20. The summed E-state index contributed by atoms with van der Waals surface area (Å²) in [7, 11) is 1.53. The van der Waals surface area contributed by atoms with Gasteiger partial charge >= 0.3 is 0 Å². The fraction of sp³-hybridized carbons (Fsp3) is 0.493. The lowest BCUT2D eigenvalue weighted by Crippen LogP contribution is -2.06. The summed E-state index contributed by atoms with van der Waals surface area (Å²) in [6, 6.07) is 24.1. The van der Waals surface area contributed by atoms with Crippen molar-refractivity contribution in [3.63, 3.8) is 0 Å². The fourth-order valence-electron chi connectivity index (χ4n) is 8.40. The number of benzene rings is 6.